The summed E-state index contributed by atoms with van der Waals surface area (Å²) in [5.41, 5.74) is 7.12. The molecule has 0 spiro atoms. The molecule has 0 atom stereocenters. The Morgan fingerprint density at radius 3 is 2.82 bits per heavy atom. The first-order valence-corrected chi connectivity index (χ1v) is 6.40. The van der Waals surface area contributed by atoms with Gasteiger partial charge in [-0.05, 0) is 13.0 Å². The van der Waals surface area contributed by atoms with E-state index in [2.05, 4.69) is 4.98 Å². The zero-order valence-electron chi connectivity index (χ0n) is 8.91. The second-order valence-corrected chi connectivity index (χ2v) is 5.48. The van der Waals surface area contributed by atoms with Gasteiger partial charge in [-0.25, -0.2) is 4.98 Å². The lowest BCUT2D eigenvalue weighted by atomic mass is 10.3. The lowest BCUT2D eigenvalue weighted by Gasteiger charge is -2.02. The van der Waals surface area contributed by atoms with Crippen LogP contribution in [0.4, 0.5) is 11.4 Å². The van der Waals surface area contributed by atoms with E-state index in [1.807, 2.05) is 12.3 Å². The number of nitrogen functional groups attached to an aromatic ring is 1. The van der Waals surface area contributed by atoms with Crippen LogP contribution in [0.2, 0.25) is 0 Å². The molecule has 0 aliphatic rings. The minimum Gasteiger partial charge on any atom is -0.398 e. The fourth-order valence-electron chi connectivity index (χ4n) is 1.22. The van der Waals surface area contributed by atoms with Crippen LogP contribution in [0.1, 0.15) is 5.69 Å². The third-order valence-corrected chi connectivity index (χ3v) is 4.15. The van der Waals surface area contributed by atoms with Crippen LogP contribution in [0, 0.1) is 17.0 Å². The summed E-state index contributed by atoms with van der Waals surface area (Å²) >= 11 is 2.94. The number of nitrogens with zero attached hydrogens (tertiary/aromatic N) is 2. The third kappa shape index (κ3) is 2.75. The molecule has 1 aromatic carbocycles. The number of nitrogens with two attached hydrogens (primary N) is 1. The average molecular weight is 267 g/mol. The minimum atomic E-state index is -0.460. The first kappa shape index (κ1) is 11.9. The Balaban J connectivity index is 2.25. The summed E-state index contributed by atoms with van der Waals surface area (Å²) in [4.78, 5) is 15.2. The molecule has 0 unspecified atom stereocenters. The molecular formula is C10H9N3O2S2. The maximum atomic E-state index is 10.6. The number of aromatic nitrogens is 1. The maximum absolute atomic E-state index is 10.6. The molecule has 7 heteroatoms. The highest BCUT2D eigenvalue weighted by atomic mass is 32.2. The van der Waals surface area contributed by atoms with E-state index in [-0.39, 0.29) is 5.69 Å². The molecule has 1 heterocycles. The van der Waals surface area contributed by atoms with Crippen molar-refractivity contribution in [1.82, 2.24) is 4.98 Å². The Hall–Kier alpha value is -1.60. The van der Waals surface area contributed by atoms with E-state index in [1.54, 1.807) is 6.07 Å². The zero-order chi connectivity index (χ0) is 12.4. The number of hydrogen-bond acceptors (Lipinski definition) is 6. The molecule has 5 nitrogen and oxygen atoms in total. The van der Waals surface area contributed by atoms with E-state index in [4.69, 9.17) is 5.73 Å². The van der Waals surface area contributed by atoms with Crippen LogP contribution in [0.5, 0.6) is 0 Å². The summed E-state index contributed by atoms with van der Waals surface area (Å²) in [6.45, 7) is 1.92. The highest BCUT2D eigenvalue weighted by molar-refractivity contribution is 8.01. The van der Waals surface area contributed by atoms with Crippen molar-refractivity contribution in [2.45, 2.75) is 16.2 Å². The molecular weight excluding hydrogens is 258 g/mol. The van der Waals surface area contributed by atoms with Crippen LogP contribution in [0.25, 0.3) is 0 Å². The van der Waals surface area contributed by atoms with Crippen LogP contribution in [0.3, 0.4) is 0 Å². The fraction of sp³-hybridized carbons (Fsp3) is 0.100. The van der Waals surface area contributed by atoms with Gasteiger partial charge in [0.25, 0.3) is 5.69 Å². The van der Waals surface area contributed by atoms with Gasteiger partial charge in [0.2, 0.25) is 0 Å². The van der Waals surface area contributed by atoms with E-state index < -0.39 is 4.92 Å². The number of nitro groups is 1. The van der Waals surface area contributed by atoms with Gasteiger partial charge in [-0.2, -0.15) is 0 Å². The number of nitro benzene ring substituents is 1. The van der Waals surface area contributed by atoms with Crippen LogP contribution in [0.15, 0.2) is 32.8 Å². The van der Waals surface area contributed by atoms with Gasteiger partial charge in [-0.15, -0.1) is 11.3 Å². The maximum Gasteiger partial charge on any atom is 0.271 e. The number of hydrogen-bond donors (Lipinski definition) is 1. The molecule has 2 aromatic rings. The Morgan fingerprint density at radius 1 is 1.53 bits per heavy atom. The Bertz CT molecular complexity index is 568. The number of aryl methyl sites for hydroxylation is 1. The van der Waals surface area contributed by atoms with Crippen molar-refractivity contribution in [3.63, 3.8) is 0 Å². The van der Waals surface area contributed by atoms with E-state index in [9.17, 15) is 10.1 Å². The molecule has 2 N–H and O–H groups in total. The van der Waals surface area contributed by atoms with Crippen molar-refractivity contribution in [2.75, 3.05) is 5.73 Å². The van der Waals surface area contributed by atoms with Gasteiger partial charge in [0, 0.05) is 28.1 Å². The first-order chi connectivity index (χ1) is 8.06. The molecule has 0 fully saturated rings. The van der Waals surface area contributed by atoms with Crippen molar-refractivity contribution in [2.24, 2.45) is 0 Å². The average Bonchev–Trinajstić information content (AvgIpc) is 2.67. The molecule has 0 bridgehead atoms. The molecule has 0 saturated carbocycles. The normalized spacial score (nSPS) is 10.4. The molecule has 0 aliphatic carbocycles. The van der Waals surface area contributed by atoms with Crippen molar-refractivity contribution in [3.05, 3.63) is 39.4 Å². The van der Waals surface area contributed by atoms with Crippen LogP contribution < -0.4 is 5.73 Å². The standard InChI is InChI=1S/C10H9N3O2S2/c1-6-5-16-10(12-6)17-9-3-2-7(13(14)15)4-8(9)11/h2-5H,11H2,1H3. The van der Waals surface area contributed by atoms with Crippen LogP contribution >= 0.6 is 23.1 Å². The van der Waals surface area contributed by atoms with Gasteiger partial charge in [-0.3, -0.25) is 10.1 Å². The quantitative estimate of drug-likeness (QED) is 0.525. The number of rotatable bonds is 3. The van der Waals surface area contributed by atoms with Gasteiger partial charge in [0.05, 0.1) is 10.6 Å². The summed E-state index contributed by atoms with van der Waals surface area (Å²) < 4.78 is 0.878. The molecule has 88 valence electrons. The molecule has 0 saturated heterocycles. The second-order valence-electron chi connectivity index (χ2n) is 3.34. The van der Waals surface area contributed by atoms with Crippen molar-refractivity contribution in [1.29, 1.82) is 0 Å². The summed E-state index contributed by atoms with van der Waals surface area (Å²) in [7, 11) is 0. The second kappa shape index (κ2) is 4.72. The van der Waals surface area contributed by atoms with Gasteiger partial charge < -0.3 is 5.73 Å². The van der Waals surface area contributed by atoms with Crippen molar-refractivity contribution in [3.8, 4) is 0 Å². The van der Waals surface area contributed by atoms with E-state index in [0.717, 1.165) is 14.9 Å². The van der Waals surface area contributed by atoms with Gasteiger partial charge in [0.1, 0.15) is 0 Å². The largest absolute Gasteiger partial charge is 0.398 e. The highest BCUT2D eigenvalue weighted by Gasteiger charge is 2.10. The third-order valence-electron chi connectivity index (χ3n) is 2.00. The molecule has 0 radical (unpaired) electrons. The van der Waals surface area contributed by atoms with Gasteiger partial charge >= 0.3 is 0 Å². The lowest BCUT2D eigenvalue weighted by Crippen LogP contribution is -1.93. The Kier molecular flexibility index (Phi) is 3.30. The smallest absolute Gasteiger partial charge is 0.271 e. The van der Waals surface area contributed by atoms with E-state index >= 15 is 0 Å². The van der Waals surface area contributed by atoms with E-state index in [0.29, 0.717) is 5.69 Å². The summed E-state index contributed by atoms with van der Waals surface area (Å²) in [5, 5.41) is 12.5. The highest BCUT2D eigenvalue weighted by Crippen LogP contribution is 2.35. The summed E-state index contributed by atoms with van der Waals surface area (Å²) in [5.74, 6) is 0. The SMILES string of the molecule is Cc1csc(Sc2ccc([N+](=O)[O-])cc2N)n1. The first-order valence-electron chi connectivity index (χ1n) is 4.70. The summed E-state index contributed by atoms with van der Waals surface area (Å²) in [6, 6.07) is 4.46. The van der Waals surface area contributed by atoms with Crippen molar-refractivity contribution < 1.29 is 4.92 Å². The van der Waals surface area contributed by atoms with Gasteiger partial charge in [-0.1, -0.05) is 11.8 Å². The number of non-ortho nitro benzene ring substituents is 1. The van der Waals surface area contributed by atoms with Crippen LogP contribution in [-0.2, 0) is 0 Å². The van der Waals surface area contributed by atoms with E-state index in [1.165, 1.54) is 35.2 Å². The van der Waals surface area contributed by atoms with Crippen molar-refractivity contribution >= 4 is 34.5 Å². The molecule has 0 amide bonds. The number of thiazole rings is 1. The fourth-order valence-corrected chi connectivity index (χ4v) is 3.03. The summed E-state index contributed by atoms with van der Waals surface area (Å²) in [6.07, 6.45) is 0. The monoisotopic (exact) mass is 267 g/mol. The van der Waals surface area contributed by atoms with Gasteiger partial charge in [0.15, 0.2) is 4.34 Å². The minimum absolute atomic E-state index is 0.00201. The molecule has 17 heavy (non-hydrogen) atoms. The predicted molar refractivity (Wildman–Crippen MR) is 68.5 cm³/mol. The Morgan fingerprint density at radius 2 is 2.29 bits per heavy atom. The number of anilines is 1. The van der Waals surface area contributed by atoms with Crippen LogP contribution in [-0.4, -0.2) is 9.91 Å². The lowest BCUT2D eigenvalue weighted by molar-refractivity contribution is -0.384. The molecule has 0 aliphatic heterocycles. The number of benzene rings is 1. The zero-order valence-corrected chi connectivity index (χ0v) is 10.5. The predicted octanol–water partition coefficient (Wildman–Crippen LogP) is 3.09. The Labute approximate surface area is 106 Å². The molecule has 2 rings (SSSR count). The molecule has 1 aromatic heterocycles. The topological polar surface area (TPSA) is 82.0 Å².